The van der Waals surface area contributed by atoms with Gasteiger partial charge in [-0.2, -0.15) is 12.6 Å². The number of thiol groups is 1. The van der Waals surface area contributed by atoms with Crippen molar-refractivity contribution in [3.63, 3.8) is 0 Å². The highest BCUT2D eigenvalue weighted by Gasteiger charge is 2.30. The maximum absolute atomic E-state index is 11.9. The van der Waals surface area contributed by atoms with Gasteiger partial charge in [-0.25, -0.2) is 4.79 Å². The van der Waals surface area contributed by atoms with E-state index in [4.69, 9.17) is 10.8 Å². The van der Waals surface area contributed by atoms with E-state index in [0.717, 1.165) is 0 Å². The number of nitrogens with one attached hydrogen (secondary N) is 2. The Morgan fingerprint density at radius 2 is 1.62 bits per heavy atom. The fourth-order valence-corrected chi connectivity index (χ4v) is 1.58. The highest BCUT2D eigenvalue weighted by molar-refractivity contribution is 7.80. The zero-order valence-corrected chi connectivity index (χ0v) is 12.6. The van der Waals surface area contributed by atoms with E-state index < -0.39 is 48.1 Å². The molecule has 0 aliphatic carbocycles. The number of aliphatic hydroxyl groups excluding tert-OH is 2. The number of carboxylic acids is 1. The van der Waals surface area contributed by atoms with E-state index in [1.54, 1.807) is 0 Å². The predicted molar refractivity (Wildman–Crippen MR) is 76.7 cm³/mol. The van der Waals surface area contributed by atoms with Gasteiger partial charge in [-0.15, -0.1) is 0 Å². The largest absolute Gasteiger partial charge is 0.480 e. The van der Waals surface area contributed by atoms with Crippen molar-refractivity contribution in [3.8, 4) is 0 Å². The van der Waals surface area contributed by atoms with Gasteiger partial charge in [0.2, 0.25) is 11.8 Å². The van der Waals surface area contributed by atoms with Gasteiger partial charge in [0.25, 0.3) is 0 Å². The Kier molecular flexibility index (Phi) is 8.25. The van der Waals surface area contributed by atoms with E-state index in [1.165, 1.54) is 13.8 Å². The van der Waals surface area contributed by atoms with Gasteiger partial charge in [-0.3, -0.25) is 9.59 Å². The van der Waals surface area contributed by atoms with Crippen molar-refractivity contribution in [2.75, 3.05) is 5.75 Å². The molecule has 0 aromatic rings. The Morgan fingerprint density at radius 3 is 1.95 bits per heavy atom. The number of rotatable bonds is 8. The SMILES string of the molecule is C[C@@H](O)[C@H](N)C(=O)N[C@@H](CS)C(=O)N[C@H](C(=O)O)[C@@H](C)O. The van der Waals surface area contributed by atoms with Gasteiger partial charge in [0, 0.05) is 5.75 Å². The second-order valence-corrected chi connectivity index (χ2v) is 4.94. The number of hydrogen-bond acceptors (Lipinski definition) is 7. The number of carboxylic acid groups (broad SMARTS) is 1. The molecule has 122 valence electrons. The third-order valence-corrected chi connectivity index (χ3v) is 3.05. The molecule has 0 aliphatic rings. The topological polar surface area (TPSA) is 162 Å². The van der Waals surface area contributed by atoms with Crippen LogP contribution in [0.3, 0.4) is 0 Å². The van der Waals surface area contributed by atoms with E-state index in [2.05, 4.69) is 23.3 Å². The summed E-state index contributed by atoms with van der Waals surface area (Å²) >= 11 is 3.89. The molecule has 0 radical (unpaired) electrons. The van der Waals surface area contributed by atoms with Crippen molar-refractivity contribution in [1.82, 2.24) is 10.6 Å². The first-order chi connectivity index (χ1) is 9.61. The smallest absolute Gasteiger partial charge is 0.328 e. The number of carbonyl (C=O) groups excluding carboxylic acids is 2. The normalized spacial score (nSPS) is 18.0. The van der Waals surface area contributed by atoms with E-state index in [0.29, 0.717) is 0 Å². The van der Waals surface area contributed by atoms with Gasteiger partial charge < -0.3 is 31.7 Å². The highest BCUT2D eigenvalue weighted by atomic mass is 32.1. The van der Waals surface area contributed by atoms with Crippen molar-refractivity contribution in [1.29, 1.82) is 0 Å². The highest BCUT2D eigenvalue weighted by Crippen LogP contribution is 1.98. The third kappa shape index (κ3) is 6.29. The summed E-state index contributed by atoms with van der Waals surface area (Å²) < 4.78 is 0. The number of nitrogens with two attached hydrogens (primary N) is 1. The third-order valence-electron chi connectivity index (χ3n) is 2.68. The molecule has 0 aliphatic heterocycles. The van der Waals surface area contributed by atoms with Crippen molar-refractivity contribution in [2.45, 2.75) is 44.2 Å². The van der Waals surface area contributed by atoms with Crippen LogP contribution in [-0.2, 0) is 14.4 Å². The van der Waals surface area contributed by atoms with Crippen LogP contribution in [0.5, 0.6) is 0 Å². The molecule has 7 N–H and O–H groups in total. The first-order valence-electron chi connectivity index (χ1n) is 6.17. The molecule has 0 heterocycles. The van der Waals surface area contributed by atoms with Crippen LogP contribution in [-0.4, -0.2) is 69.2 Å². The van der Waals surface area contributed by atoms with Crippen LogP contribution in [0, 0.1) is 0 Å². The van der Waals surface area contributed by atoms with E-state index >= 15 is 0 Å². The lowest BCUT2D eigenvalue weighted by molar-refractivity contribution is -0.145. The molecule has 0 saturated heterocycles. The fourth-order valence-electron chi connectivity index (χ4n) is 1.32. The molecule has 0 bridgehead atoms. The standard InChI is InChI=1S/C11H21N3O6S/c1-4(15)7(12)10(18)13-6(3-21)9(17)14-8(5(2)16)11(19)20/h4-8,15-16,21H,3,12H2,1-2H3,(H,13,18)(H,14,17)(H,19,20)/t4-,5-,6+,7+,8+/m1/s1. The van der Waals surface area contributed by atoms with Crippen LogP contribution >= 0.6 is 12.6 Å². The van der Waals surface area contributed by atoms with Crippen LogP contribution in [0.4, 0.5) is 0 Å². The molecule has 2 amide bonds. The van der Waals surface area contributed by atoms with Gasteiger partial charge in [0.15, 0.2) is 6.04 Å². The summed E-state index contributed by atoms with van der Waals surface area (Å²) in [4.78, 5) is 34.4. The number of aliphatic hydroxyl groups is 2. The molecule has 0 aromatic heterocycles. The number of aliphatic carboxylic acids is 1. The molecular formula is C11H21N3O6S. The fraction of sp³-hybridized carbons (Fsp3) is 0.727. The quantitative estimate of drug-likeness (QED) is 0.235. The summed E-state index contributed by atoms with van der Waals surface area (Å²) in [5.74, 6) is -3.13. The molecule has 0 saturated carbocycles. The van der Waals surface area contributed by atoms with E-state index in [1.807, 2.05) is 0 Å². The van der Waals surface area contributed by atoms with Crippen molar-refractivity contribution >= 4 is 30.4 Å². The lowest BCUT2D eigenvalue weighted by Gasteiger charge is -2.23. The Hall–Kier alpha value is -1.36. The maximum atomic E-state index is 11.9. The average molecular weight is 323 g/mol. The lowest BCUT2D eigenvalue weighted by Crippen LogP contribution is -2.58. The van der Waals surface area contributed by atoms with E-state index in [-0.39, 0.29) is 5.75 Å². The van der Waals surface area contributed by atoms with Gasteiger partial charge >= 0.3 is 5.97 Å². The zero-order chi connectivity index (χ0) is 16.7. The zero-order valence-electron chi connectivity index (χ0n) is 11.7. The van der Waals surface area contributed by atoms with Crippen molar-refractivity contribution in [2.24, 2.45) is 5.73 Å². The minimum absolute atomic E-state index is 0.115. The van der Waals surface area contributed by atoms with Crippen LogP contribution in [0.15, 0.2) is 0 Å². The first-order valence-corrected chi connectivity index (χ1v) is 6.81. The number of hydrogen-bond donors (Lipinski definition) is 7. The van der Waals surface area contributed by atoms with Gasteiger partial charge in [0.05, 0.1) is 12.2 Å². The number of carbonyl (C=O) groups is 3. The molecule has 0 spiro atoms. The summed E-state index contributed by atoms with van der Waals surface area (Å²) in [5.41, 5.74) is 5.41. The molecule has 21 heavy (non-hydrogen) atoms. The molecule has 0 aromatic carbocycles. The Balaban J connectivity index is 4.76. The summed E-state index contributed by atoms with van der Waals surface area (Å²) in [6, 6.07) is -3.89. The summed E-state index contributed by atoms with van der Waals surface area (Å²) in [5, 5.41) is 31.6. The van der Waals surface area contributed by atoms with Crippen molar-refractivity contribution in [3.05, 3.63) is 0 Å². The average Bonchev–Trinajstić information content (AvgIpc) is 2.39. The van der Waals surface area contributed by atoms with Gasteiger partial charge in [0.1, 0.15) is 12.1 Å². The summed E-state index contributed by atoms with van der Waals surface area (Å²) in [7, 11) is 0. The van der Waals surface area contributed by atoms with Crippen LogP contribution in [0.25, 0.3) is 0 Å². The molecule has 5 atom stereocenters. The van der Waals surface area contributed by atoms with Gasteiger partial charge in [-0.1, -0.05) is 0 Å². The van der Waals surface area contributed by atoms with Gasteiger partial charge in [-0.05, 0) is 13.8 Å². The second-order valence-electron chi connectivity index (χ2n) is 4.58. The van der Waals surface area contributed by atoms with Crippen LogP contribution in [0.1, 0.15) is 13.8 Å². The monoisotopic (exact) mass is 323 g/mol. The maximum Gasteiger partial charge on any atom is 0.328 e. The minimum atomic E-state index is -1.51. The minimum Gasteiger partial charge on any atom is -0.480 e. The Bertz CT molecular complexity index is 390. The second kappa shape index (κ2) is 8.82. The molecular weight excluding hydrogens is 302 g/mol. The van der Waals surface area contributed by atoms with Crippen LogP contribution < -0.4 is 16.4 Å². The first kappa shape index (κ1) is 19.6. The molecule has 0 rings (SSSR count). The Labute approximate surface area is 127 Å². The molecule has 9 nitrogen and oxygen atoms in total. The molecule has 0 fully saturated rings. The van der Waals surface area contributed by atoms with Crippen LogP contribution in [0.2, 0.25) is 0 Å². The van der Waals surface area contributed by atoms with Crippen molar-refractivity contribution < 1.29 is 29.7 Å². The molecule has 0 unspecified atom stereocenters. The summed E-state index contributed by atoms with van der Waals surface area (Å²) in [6.45, 7) is 2.52. The molecule has 10 heteroatoms. The number of amides is 2. The Morgan fingerprint density at radius 1 is 1.10 bits per heavy atom. The van der Waals surface area contributed by atoms with E-state index in [9.17, 15) is 24.6 Å². The lowest BCUT2D eigenvalue weighted by atomic mass is 10.1. The summed E-state index contributed by atoms with van der Waals surface area (Å²) in [6.07, 6.45) is -2.43. The predicted octanol–water partition coefficient (Wildman–Crippen LogP) is -2.94.